The van der Waals surface area contributed by atoms with E-state index in [0.717, 1.165) is 5.03 Å². The van der Waals surface area contributed by atoms with E-state index >= 15 is 0 Å². The molecule has 1 heterocycles. The minimum absolute atomic E-state index is 0.431. The minimum atomic E-state index is 0.431. The second kappa shape index (κ2) is 3.13. The molecule has 0 atom stereocenters. The Balaban J connectivity index is 2.74. The standard InChI is InChI=1S/C5H7ClN2S/c1-9-5-2-3-8(4-6)7-5/h2-3H,4H2,1H3. The highest BCUT2D eigenvalue weighted by Crippen LogP contribution is 2.09. The van der Waals surface area contributed by atoms with Crippen molar-refractivity contribution in [3.8, 4) is 0 Å². The van der Waals surface area contributed by atoms with Crippen LogP contribution in [0.3, 0.4) is 0 Å². The molecule has 0 aliphatic carbocycles. The fraction of sp³-hybridized carbons (Fsp3) is 0.400. The predicted molar refractivity (Wildman–Crippen MR) is 39.9 cm³/mol. The van der Waals surface area contributed by atoms with Crippen LogP contribution in [0.15, 0.2) is 17.3 Å². The van der Waals surface area contributed by atoms with Crippen LogP contribution >= 0.6 is 23.4 Å². The molecule has 0 spiro atoms. The highest BCUT2D eigenvalue weighted by Gasteiger charge is 1.92. The zero-order chi connectivity index (χ0) is 6.69. The van der Waals surface area contributed by atoms with E-state index in [1.165, 1.54) is 0 Å². The van der Waals surface area contributed by atoms with Crippen LogP contribution in [-0.4, -0.2) is 16.0 Å². The molecule has 9 heavy (non-hydrogen) atoms. The summed E-state index contributed by atoms with van der Waals surface area (Å²) in [4.78, 5) is 0. The molecular weight excluding hydrogens is 156 g/mol. The van der Waals surface area contributed by atoms with E-state index < -0.39 is 0 Å². The zero-order valence-electron chi connectivity index (χ0n) is 5.04. The molecule has 0 aliphatic heterocycles. The van der Waals surface area contributed by atoms with Gasteiger partial charge in [-0.3, -0.25) is 4.68 Å². The quantitative estimate of drug-likeness (QED) is 0.488. The third kappa shape index (κ3) is 1.63. The highest BCUT2D eigenvalue weighted by atomic mass is 35.5. The molecule has 0 radical (unpaired) electrons. The molecule has 1 aromatic heterocycles. The van der Waals surface area contributed by atoms with Gasteiger partial charge in [0.1, 0.15) is 11.0 Å². The fourth-order valence-electron chi connectivity index (χ4n) is 0.518. The van der Waals surface area contributed by atoms with Crippen molar-refractivity contribution in [2.75, 3.05) is 6.26 Å². The first-order valence-corrected chi connectivity index (χ1v) is 4.26. The van der Waals surface area contributed by atoms with Gasteiger partial charge in [0.2, 0.25) is 0 Å². The average Bonchev–Trinajstić information content (AvgIpc) is 2.34. The Morgan fingerprint density at radius 2 is 2.67 bits per heavy atom. The fourth-order valence-corrected chi connectivity index (χ4v) is 1.04. The topological polar surface area (TPSA) is 17.8 Å². The van der Waals surface area contributed by atoms with Gasteiger partial charge in [0.25, 0.3) is 0 Å². The largest absolute Gasteiger partial charge is 0.257 e. The maximum absolute atomic E-state index is 5.49. The van der Waals surface area contributed by atoms with Crippen molar-refractivity contribution < 1.29 is 0 Å². The molecular formula is C5H7ClN2S. The van der Waals surface area contributed by atoms with Crippen LogP contribution in [0.1, 0.15) is 0 Å². The lowest BCUT2D eigenvalue weighted by Gasteiger charge is -1.88. The Labute approximate surface area is 63.2 Å². The second-order valence-corrected chi connectivity index (χ2v) is 2.58. The van der Waals surface area contributed by atoms with Crippen molar-refractivity contribution in [2.45, 2.75) is 11.0 Å². The summed E-state index contributed by atoms with van der Waals surface area (Å²) in [5, 5.41) is 5.10. The normalized spacial score (nSPS) is 10.0. The Bertz CT molecular complexity index is 168. The first kappa shape index (κ1) is 6.96. The van der Waals surface area contributed by atoms with Crippen molar-refractivity contribution in [2.24, 2.45) is 0 Å². The molecule has 2 nitrogen and oxygen atoms in total. The third-order valence-corrected chi connectivity index (χ3v) is 1.83. The summed E-state index contributed by atoms with van der Waals surface area (Å²) in [6, 6.07) is 2.37. The minimum Gasteiger partial charge on any atom is -0.257 e. The SMILES string of the molecule is CSc1ccn(CCl)n1. The summed E-state index contributed by atoms with van der Waals surface area (Å²) in [6.45, 7) is 0. The summed E-state index contributed by atoms with van der Waals surface area (Å²) in [7, 11) is 0. The first-order chi connectivity index (χ1) is 4.36. The number of hydrogen-bond donors (Lipinski definition) is 0. The van der Waals surface area contributed by atoms with Crippen LogP contribution in [0.4, 0.5) is 0 Å². The van der Waals surface area contributed by atoms with Crippen molar-refractivity contribution in [3.63, 3.8) is 0 Å². The van der Waals surface area contributed by atoms with Crippen LogP contribution in [0, 0.1) is 0 Å². The first-order valence-electron chi connectivity index (χ1n) is 2.50. The third-order valence-electron chi connectivity index (χ3n) is 0.948. The van der Waals surface area contributed by atoms with Crippen molar-refractivity contribution in [1.82, 2.24) is 9.78 Å². The number of halogens is 1. The van der Waals surface area contributed by atoms with Crippen molar-refractivity contribution >= 4 is 23.4 Å². The number of thioether (sulfide) groups is 1. The van der Waals surface area contributed by atoms with Crippen molar-refractivity contribution in [3.05, 3.63) is 12.3 Å². The van der Waals surface area contributed by atoms with E-state index in [9.17, 15) is 0 Å². The van der Waals surface area contributed by atoms with Gasteiger partial charge in [-0.2, -0.15) is 5.10 Å². The lowest BCUT2D eigenvalue weighted by atomic mass is 10.7. The van der Waals surface area contributed by atoms with E-state index in [1.807, 2.05) is 18.5 Å². The molecule has 1 aromatic rings. The Hall–Kier alpha value is -0.150. The Kier molecular flexibility index (Phi) is 2.42. The van der Waals surface area contributed by atoms with Gasteiger partial charge in [-0.1, -0.05) is 0 Å². The smallest absolute Gasteiger partial charge is 0.118 e. The number of nitrogens with zero attached hydrogens (tertiary/aromatic N) is 2. The summed E-state index contributed by atoms with van der Waals surface area (Å²) in [5.41, 5.74) is 0. The predicted octanol–water partition coefficient (Wildman–Crippen LogP) is 1.80. The Morgan fingerprint density at radius 3 is 3.00 bits per heavy atom. The number of alkyl halides is 1. The monoisotopic (exact) mass is 162 g/mol. The molecule has 1 rings (SSSR count). The molecule has 0 amide bonds. The van der Waals surface area contributed by atoms with Crippen molar-refractivity contribution in [1.29, 1.82) is 0 Å². The van der Waals surface area contributed by atoms with E-state index in [1.54, 1.807) is 16.4 Å². The van der Waals surface area contributed by atoms with Crippen LogP contribution in [0.5, 0.6) is 0 Å². The second-order valence-electron chi connectivity index (χ2n) is 1.52. The van der Waals surface area contributed by atoms with Crippen LogP contribution < -0.4 is 0 Å². The summed E-state index contributed by atoms with van der Waals surface area (Å²) in [5.74, 6) is 0. The average molecular weight is 163 g/mol. The zero-order valence-corrected chi connectivity index (χ0v) is 6.61. The van der Waals surface area contributed by atoms with Gasteiger partial charge in [-0.15, -0.1) is 23.4 Å². The van der Waals surface area contributed by atoms with Gasteiger partial charge in [-0.25, -0.2) is 0 Å². The van der Waals surface area contributed by atoms with Crippen LogP contribution in [-0.2, 0) is 6.00 Å². The molecule has 0 saturated heterocycles. The molecule has 0 saturated carbocycles. The molecule has 0 aromatic carbocycles. The van der Waals surface area contributed by atoms with Crippen LogP contribution in [0.25, 0.3) is 0 Å². The van der Waals surface area contributed by atoms with Gasteiger partial charge in [0.15, 0.2) is 0 Å². The van der Waals surface area contributed by atoms with Gasteiger partial charge in [0.05, 0.1) is 0 Å². The van der Waals surface area contributed by atoms with Gasteiger partial charge in [-0.05, 0) is 12.3 Å². The number of aromatic nitrogens is 2. The highest BCUT2D eigenvalue weighted by molar-refractivity contribution is 7.98. The van der Waals surface area contributed by atoms with E-state index in [-0.39, 0.29) is 0 Å². The molecule has 4 heteroatoms. The molecule has 0 N–H and O–H groups in total. The lowest BCUT2D eigenvalue weighted by molar-refractivity contribution is 0.717. The van der Waals surface area contributed by atoms with Crippen LogP contribution in [0.2, 0.25) is 0 Å². The van der Waals surface area contributed by atoms with Gasteiger partial charge in [0, 0.05) is 6.20 Å². The van der Waals surface area contributed by atoms with E-state index in [0.29, 0.717) is 6.00 Å². The summed E-state index contributed by atoms with van der Waals surface area (Å²) in [6.07, 6.45) is 3.85. The summed E-state index contributed by atoms with van der Waals surface area (Å²) >= 11 is 7.10. The molecule has 0 unspecified atom stereocenters. The molecule has 0 bridgehead atoms. The maximum atomic E-state index is 5.49. The summed E-state index contributed by atoms with van der Waals surface area (Å²) < 4.78 is 1.69. The molecule has 50 valence electrons. The maximum Gasteiger partial charge on any atom is 0.118 e. The van der Waals surface area contributed by atoms with Gasteiger partial charge >= 0.3 is 0 Å². The Morgan fingerprint density at radius 1 is 1.89 bits per heavy atom. The van der Waals surface area contributed by atoms with E-state index in [2.05, 4.69) is 5.10 Å². The van der Waals surface area contributed by atoms with Gasteiger partial charge < -0.3 is 0 Å². The lowest BCUT2D eigenvalue weighted by Crippen LogP contribution is -1.90. The number of rotatable bonds is 2. The number of hydrogen-bond acceptors (Lipinski definition) is 2. The molecule has 0 fully saturated rings. The molecule has 0 aliphatic rings. The van der Waals surface area contributed by atoms with E-state index in [4.69, 9.17) is 11.6 Å².